The van der Waals surface area contributed by atoms with Crippen LogP contribution in [0.4, 0.5) is 17.1 Å². The normalized spacial score (nSPS) is 16.3. The van der Waals surface area contributed by atoms with Gasteiger partial charge < -0.3 is 34.1 Å². The second-order valence-electron chi connectivity index (χ2n) is 26.8. The van der Waals surface area contributed by atoms with Crippen LogP contribution in [-0.4, -0.2) is 174 Å². The second kappa shape index (κ2) is 33.0. The fourth-order valence-electron chi connectivity index (χ4n) is 13.8. The molecular formula is C73H101N15O4S. The van der Waals surface area contributed by atoms with Crippen LogP contribution >= 0.6 is 11.3 Å². The number of hydrogen-bond acceptors (Lipinski definition) is 16. The third-order valence-electron chi connectivity index (χ3n) is 19.2. The Balaban J connectivity index is 0.000000153. The van der Waals surface area contributed by atoms with Crippen LogP contribution in [0.15, 0.2) is 102 Å². The number of nitrogens with one attached hydrogen (secondary N) is 4. The Kier molecular flexibility index (Phi) is 24.3. The molecule has 93 heavy (non-hydrogen) atoms. The molecule has 0 saturated carbocycles. The molecule has 0 radical (unpaired) electrons. The topological polar surface area (TPSA) is 211 Å². The number of aromatic nitrogens is 9. The predicted molar refractivity (Wildman–Crippen MR) is 378 cm³/mol. The number of Topliss-reactive ketones (excluding diaryl/α,β-unsaturated/α-hetero) is 3. The van der Waals surface area contributed by atoms with E-state index in [1.807, 2.05) is 18.2 Å². The van der Waals surface area contributed by atoms with Crippen molar-refractivity contribution >= 4 is 78.5 Å². The van der Waals surface area contributed by atoms with Crippen molar-refractivity contribution in [2.45, 2.75) is 157 Å². The third kappa shape index (κ3) is 18.0. The van der Waals surface area contributed by atoms with Crippen molar-refractivity contribution in [2.75, 3.05) is 93.2 Å². The summed E-state index contributed by atoms with van der Waals surface area (Å²) in [4.78, 5) is 72.0. The molecule has 498 valence electrons. The Hall–Kier alpha value is -7.52. The van der Waals surface area contributed by atoms with E-state index in [0.29, 0.717) is 83.7 Å². The molecule has 3 fully saturated rings. The number of oxazole rings is 1. The lowest BCUT2D eigenvalue weighted by Gasteiger charge is -2.36. The van der Waals surface area contributed by atoms with E-state index in [9.17, 15) is 14.4 Å². The number of anilines is 3. The molecule has 3 unspecified atom stereocenters. The summed E-state index contributed by atoms with van der Waals surface area (Å²) in [5, 5.41) is 21.1. The number of fused-ring (bicyclic) bond motifs is 3. The van der Waals surface area contributed by atoms with Crippen LogP contribution in [0, 0.1) is 17.8 Å². The Morgan fingerprint density at radius 2 is 0.914 bits per heavy atom. The fourth-order valence-corrected chi connectivity index (χ4v) is 14.6. The highest BCUT2D eigenvalue weighted by Gasteiger charge is 2.29. The predicted octanol–water partition coefficient (Wildman–Crippen LogP) is 13.7. The highest BCUT2D eigenvalue weighted by Crippen LogP contribution is 2.31. The van der Waals surface area contributed by atoms with E-state index in [1.165, 1.54) is 44.2 Å². The van der Waals surface area contributed by atoms with Gasteiger partial charge in [0, 0.05) is 167 Å². The largest absolute Gasteiger partial charge is 0.420 e. The van der Waals surface area contributed by atoms with Crippen molar-refractivity contribution in [3.63, 3.8) is 0 Å². The summed E-state index contributed by atoms with van der Waals surface area (Å²) in [6.45, 7) is 31.4. The molecule has 3 atom stereocenters. The van der Waals surface area contributed by atoms with Crippen LogP contribution in [0.5, 0.6) is 0 Å². The molecule has 0 amide bonds. The number of rotatable bonds is 27. The van der Waals surface area contributed by atoms with E-state index >= 15 is 0 Å². The number of carbonyl (C=O) groups is 3. The first-order chi connectivity index (χ1) is 45.1. The molecule has 3 aromatic carbocycles. The first kappa shape index (κ1) is 68.3. The fraction of sp³-hybridized carbons (Fsp3) is 0.534. The molecule has 12 rings (SSSR count). The lowest BCUT2D eigenvalue weighted by Crippen LogP contribution is -2.49. The maximum atomic E-state index is 13.0. The van der Waals surface area contributed by atoms with Gasteiger partial charge >= 0.3 is 0 Å². The van der Waals surface area contributed by atoms with Crippen LogP contribution in [0.25, 0.3) is 32.7 Å². The summed E-state index contributed by atoms with van der Waals surface area (Å²) in [5.74, 6) is 2.56. The molecule has 3 aliphatic rings. The van der Waals surface area contributed by atoms with Crippen LogP contribution in [0.3, 0.4) is 0 Å². The maximum Gasteiger partial charge on any atom is 0.297 e. The summed E-state index contributed by atoms with van der Waals surface area (Å²) in [5.41, 5.74) is 7.31. The lowest BCUT2D eigenvalue weighted by atomic mass is 9.90. The summed E-state index contributed by atoms with van der Waals surface area (Å²) >= 11 is 1.46. The number of aromatic amines is 4. The van der Waals surface area contributed by atoms with Crippen LogP contribution in [0.1, 0.15) is 168 Å². The minimum Gasteiger partial charge on any atom is -0.420 e. The standard InChI is InChI=1S/C25H34N4O2.C24H34N6O.C24H33N5OS/c1-4-7-19(14-20-16-26-22-9-6-5-8-21(20)22)15-23(30)24-17-27-25(31-24)29-12-10-28(11-13-29)18(2)3;1-4-7-18(14-19-16-25-21-9-6-5-8-20(19)21)15-22(31)23-26-24(28-27-23)30-12-10-29(11-13-30)17(2)3;1-4-7-18(14-19-16-25-21-9-6-5-8-20(19)21)15-22(30)23-26-27-24(31-23)29-12-10-28(11-13-29)17(2)3/h5-6,8-9,16-19,26H,4,7,10-15H2,1-3H3;5-6,8-9,16-18,25H,4,7,10-15H2,1-3H3,(H,26,27,28);5-6,8-9,16-18,25H,4,7,10-15H2,1-3H3. The summed E-state index contributed by atoms with van der Waals surface area (Å²) < 4.78 is 5.91. The SMILES string of the molecule is CCCC(CC(=O)c1cnc(N2CCN(C(C)C)CC2)o1)Cc1c[nH]c2ccccc12.CCCC(CC(=O)c1nc(N2CCN(C(C)C)CC2)n[nH]1)Cc1c[nH]c2ccccc12.CCCC(CC(=O)c1nnc(N2CCN(C(C)C)CC2)s1)Cc1c[nH]c2ccccc12. The Morgan fingerprint density at radius 1 is 0.505 bits per heavy atom. The maximum absolute atomic E-state index is 13.0. The van der Waals surface area contributed by atoms with E-state index in [-0.39, 0.29) is 17.3 Å². The van der Waals surface area contributed by atoms with E-state index in [0.717, 1.165) is 158 Å². The number of carbonyl (C=O) groups excluding carboxylic acids is 3. The van der Waals surface area contributed by atoms with Crippen molar-refractivity contribution in [1.29, 1.82) is 0 Å². The molecule has 19 nitrogen and oxygen atoms in total. The zero-order valence-corrected chi connectivity index (χ0v) is 57.4. The average molecular weight is 1280 g/mol. The summed E-state index contributed by atoms with van der Waals surface area (Å²) in [6.07, 6.45) is 18.3. The van der Waals surface area contributed by atoms with Gasteiger partial charge in [0.1, 0.15) is 0 Å². The van der Waals surface area contributed by atoms with Gasteiger partial charge in [-0.05, 0) is 133 Å². The minimum absolute atomic E-state index is 0.0536. The molecule has 0 bridgehead atoms. The molecule has 20 heteroatoms. The van der Waals surface area contributed by atoms with E-state index < -0.39 is 0 Å². The van der Waals surface area contributed by atoms with Crippen LogP contribution < -0.4 is 14.7 Å². The zero-order valence-electron chi connectivity index (χ0n) is 56.6. The average Bonchev–Trinajstić information content (AvgIpc) is 3.33. The molecule has 4 N–H and O–H groups in total. The lowest BCUT2D eigenvalue weighted by molar-refractivity contribution is 0.0927. The Morgan fingerprint density at radius 3 is 1.35 bits per heavy atom. The third-order valence-corrected chi connectivity index (χ3v) is 20.2. The van der Waals surface area contributed by atoms with Crippen molar-refractivity contribution in [3.8, 4) is 0 Å². The molecule has 6 aromatic heterocycles. The zero-order chi connectivity index (χ0) is 65.4. The van der Waals surface area contributed by atoms with Gasteiger partial charge in [-0.3, -0.25) is 34.2 Å². The Labute approximate surface area is 553 Å². The van der Waals surface area contributed by atoms with Gasteiger partial charge in [-0.15, -0.1) is 15.3 Å². The molecular weight excluding hydrogens is 1180 g/mol. The number of benzene rings is 3. The summed E-state index contributed by atoms with van der Waals surface area (Å²) in [7, 11) is 0. The van der Waals surface area contributed by atoms with E-state index in [1.54, 1.807) is 6.20 Å². The number of ketones is 3. The van der Waals surface area contributed by atoms with Crippen molar-refractivity contribution in [3.05, 3.63) is 131 Å². The van der Waals surface area contributed by atoms with Gasteiger partial charge in [0.25, 0.3) is 6.01 Å². The smallest absolute Gasteiger partial charge is 0.297 e. The highest BCUT2D eigenvalue weighted by atomic mass is 32.1. The van der Waals surface area contributed by atoms with Gasteiger partial charge in [0.2, 0.25) is 11.1 Å². The molecule has 3 aliphatic heterocycles. The number of hydrogen-bond donors (Lipinski definition) is 4. The minimum atomic E-state index is 0.0536. The molecule has 0 aliphatic carbocycles. The van der Waals surface area contributed by atoms with E-state index in [4.69, 9.17) is 4.42 Å². The molecule has 0 spiro atoms. The number of nitrogens with zero attached hydrogens (tertiary/aromatic N) is 11. The number of para-hydroxylation sites is 3. The quantitative estimate of drug-likeness (QED) is 0.0353. The van der Waals surface area contributed by atoms with Crippen LogP contribution in [0.2, 0.25) is 0 Å². The second-order valence-corrected chi connectivity index (χ2v) is 27.7. The number of H-pyrrole nitrogens is 4. The first-order valence-electron chi connectivity index (χ1n) is 34.6. The van der Waals surface area contributed by atoms with Crippen molar-refractivity contribution in [1.82, 2.24) is 60.0 Å². The van der Waals surface area contributed by atoms with Gasteiger partial charge in [-0.1, -0.05) is 106 Å². The number of piperazine rings is 3. The van der Waals surface area contributed by atoms with Gasteiger partial charge in [-0.2, -0.15) is 4.98 Å². The van der Waals surface area contributed by atoms with E-state index in [2.05, 4.69) is 210 Å². The van der Waals surface area contributed by atoms with Crippen molar-refractivity contribution in [2.24, 2.45) is 17.8 Å². The Bertz CT molecular complexity index is 3390. The van der Waals surface area contributed by atoms with Gasteiger partial charge in [0.05, 0.1) is 6.20 Å². The van der Waals surface area contributed by atoms with Crippen LogP contribution in [-0.2, 0) is 19.3 Å². The molecule has 9 heterocycles. The monoisotopic (exact) mass is 1280 g/mol. The van der Waals surface area contributed by atoms with Gasteiger partial charge in [0.15, 0.2) is 33.9 Å². The first-order valence-corrected chi connectivity index (χ1v) is 35.4. The molecule has 9 aromatic rings. The van der Waals surface area contributed by atoms with Gasteiger partial charge in [-0.25, -0.2) is 4.98 Å². The molecule has 3 saturated heterocycles. The summed E-state index contributed by atoms with van der Waals surface area (Å²) in [6, 6.07) is 27.3. The highest BCUT2D eigenvalue weighted by molar-refractivity contribution is 7.17. The van der Waals surface area contributed by atoms with Crippen molar-refractivity contribution < 1.29 is 18.8 Å².